The Morgan fingerprint density at radius 1 is 1.11 bits per heavy atom. The van der Waals surface area contributed by atoms with Crippen molar-refractivity contribution in [3.05, 3.63) is 71.3 Å². The molecule has 140 valence electrons. The zero-order chi connectivity index (χ0) is 19.2. The molecule has 2 amide bonds. The van der Waals surface area contributed by atoms with E-state index in [2.05, 4.69) is 5.32 Å². The van der Waals surface area contributed by atoms with E-state index in [0.717, 1.165) is 11.1 Å². The molecule has 27 heavy (non-hydrogen) atoms. The molecular formula is C21H22N2O4. The molecule has 0 saturated carbocycles. The first kappa shape index (κ1) is 18.6. The summed E-state index contributed by atoms with van der Waals surface area (Å²) in [4.78, 5) is 38.8. The molecule has 1 N–H and O–H groups in total. The van der Waals surface area contributed by atoms with Gasteiger partial charge in [-0.1, -0.05) is 48.5 Å². The summed E-state index contributed by atoms with van der Waals surface area (Å²) >= 11 is 0. The van der Waals surface area contributed by atoms with E-state index in [0.29, 0.717) is 18.5 Å². The number of carbonyl (C=O) groups is 3. The average Bonchev–Trinajstić information content (AvgIpc) is 3.02. The predicted molar refractivity (Wildman–Crippen MR) is 99.9 cm³/mol. The normalized spacial score (nSPS) is 13.8. The molecule has 1 aliphatic heterocycles. The lowest BCUT2D eigenvalue weighted by Crippen LogP contribution is -2.49. The second-order valence-corrected chi connectivity index (χ2v) is 6.32. The van der Waals surface area contributed by atoms with Gasteiger partial charge in [-0.15, -0.1) is 0 Å². The molecule has 0 unspecified atom stereocenters. The monoisotopic (exact) mass is 366 g/mol. The first-order valence-corrected chi connectivity index (χ1v) is 8.96. The number of hydrogen-bond acceptors (Lipinski definition) is 4. The Labute approximate surface area is 158 Å². The van der Waals surface area contributed by atoms with Crippen molar-refractivity contribution in [2.45, 2.75) is 25.9 Å². The molecule has 1 aliphatic rings. The minimum absolute atomic E-state index is 0.169. The third-order valence-electron chi connectivity index (χ3n) is 4.51. The smallest absolute Gasteiger partial charge is 0.325 e. The first-order valence-electron chi connectivity index (χ1n) is 8.96. The molecule has 1 heterocycles. The molecule has 6 heteroatoms. The Morgan fingerprint density at radius 2 is 1.81 bits per heavy atom. The average molecular weight is 366 g/mol. The van der Waals surface area contributed by atoms with Crippen LogP contribution in [0, 0.1) is 0 Å². The van der Waals surface area contributed by atoms with Crippen molar-refractivity contribution < 1.29 is 19.1 Å². The molecular weight excluding hydrogens is 344 g/mol. The summed E-state index contributed by atoms with van der Waals surface area (Å²) in [6, 6.07) is 16.2. The summed E-state index contributed by atoms with van der Waals surface area (Å²) in [6.07, 6.45) is 0.370. The Morgan fingerprint density at radius 3 is 2.52 bits per heavy atom. The van der Waals surface area contributed by atoms with Gasteiger partial charge in [0.1, 0.15) is 12.6 Å². The number of benzene rings is 2. The third kappa shape index (κ3) is 4.34. The van der Waals surface area contributed by atoms with Gasteiger partial charge < -0.3 is 15.0 Å². The van der Waals surface area contributed by atoms with Gasteiger partial charge in [0.15, 0.2) is 0 Å². The van der Waals surface area contributed by atoms with Crippen LogP contribution in [0.15, 0.2) is 54.6 Å². The van der Waals surface area contributed by atoms with E-state index in [1.165, 1.54) is 0 Å². The molecule has 0 fully saturated rings. The van der Waals surface area contributed by atoms with Gasteiger partial charge >= 0.3 is 5.97 Å². The summed E-state index contributed by atoms with van der Waals surface area (Å²) in [5.74, 6) is -1.04. The van der Waals surface area contributed by atoms with Crippen molar-refractivity contribution in [2.24, 2.45) is 0 Å². The first-order chi connectivity index (χ1) is 13.1. The van der Waals surface area contributed by atoms with Crippen molar-refractivity contribution in [3.63, 3.8) is 0 Å². The summed E-state index contributed by atoms with van der Waals surface area (Å²) in [6.45, 7) is 2.12. The van der Waals surface area contributed by atoms with Gasteiger partial charge in [-0.25, -0.2) is 0 Å². The van der Waals surface area contributed by atoms with Gasteiger partial charge in [0.05, 0.1) is 6.61 Å². The van der Waals surface area contributed by atoms with Crippen LogP contribution in [0.3, 0.4) is 0 Å². The van der Waals surface area contributed by atoms with E-state index in [9.17, 15) is 14.4 Å². The Hall–Kier alpha value is -3.15. The van der Waals surface area contributed by atoms with E-state index in [-0.39, 0.29) is 25.0 Å². The van der Waals surface area contributed by atoms with E-state index in [1.807, 2.05) is 48.5 Å². The van der Waals surface area contributed by atoms with Crippen LogP contribution in [-0.2, 0) is 27.3 Å². The number of nitrogens with zero attached hydrogens (tertiary/aromatic N) is 1. The summed E-state index contributed by atoms with van der Waals surface area (Å²) in [5, 5.41) is 2.60. The van der Waals surface area contributed by atoms with Crippen LogP contribution in [0.1, 0.15) is 28.4 Å². The Balaban J connectivity index is 1.79. The lowest BCUT2D eigenvalue weighted by atomic mass is 10.0. The number of esters is 1. The number of nitrogens with one attached hydrogen (secondary N) is 1. The van der Waals surface area contributed by atoms with Crippen LogP contribution in [0.25, 0.3) is 0 Å². The summed E-state index contributed by atoms with van der Waals surface area (Å²) < 4.78 is 4.85. The van der Waals surface area contributed by atoms with Crippen LogP contribution in [0.4, 0.5) is 0 Å². The van der Waals surface area contributed by atoms with E-state index >= 15 is 0 Å². The molecule has 6 nitrogen and oxygen atoms in total. The van der Waals surface area contributed by atoms with E-state index in [4.69, 9.17) is 4.74 Å². The fourth-order valence-electron chi connectivity index (χ4n) is 3.20. The molecule has 0 aromatic heterocycles. The maximum Gasteiger partial charge on any atom is 0.325 e. The second-order valence-electron chi connectivity index (χ2n) is 6.32. The topological polar surface area (TPSA) is 75.7 Å². The van der Waals surface area contributed by atoms with Gasteiger partial charge in [-0.05, 0) is 24.1 Å². The van der Waals surface area contributed by atoms with Crippen LogP contribution in [-0.4, -0.2) is 41.9 Å². The number of hydrogen-bond donors (Lipinski definition) is 1. The highest BCUT2D eigenvalue weighted by atomic mass is 16.5. The second kappa shape index (κ2) is 8.49. The van der Waals surface area contributed by atoms with Gasteiger partial charge in [-0.3, -0.25) is 14.4 Å². The van der Waals surface area contributed by atoms with Gasteiger partial charge in [0.2, 0.25) is 5.91 Å². The minimum atomic E-state index is -0.707. The lowest BCUT2D eigenvalue weighted by molar-refractivity contribution is -0.143. The number of carbonyl (C=O) groups excluding carboxylic acids is 3. The number of rotatable bonds is 7. The number of ether oxygens (including phenoxy) is 1. The van der Waals surface area contributed by atoms with Gasteiger partial charge in [0, 0.05) is 18.5 Å². The fraction of sp³-hybridized carbons (Fsp3) is 0.286. The highest BCUT2D eigenvalue weighted by Crippen LogP contribution is 2.25. The molecule has 0 bridgehead atoms. The van der Waals surface area contributed by atoms with Crippen LogP contribution < -0.4 is 5.32 Å². The van der Waals surface area contributed by atoms with Crippen molar-refractivity contribution in [3.8, 4) is 0 Å². The zero-order valence-electron chi connectivity index (χ0n) is 15.2. The molecule has 0 spiro atoms. The Bertz CT molecular complexity index is 835. The number of fused-ring (bicyclic) bond motifs is 1. The minimum Gasteiger partial charge on any atom is -0.465 e. The SMILES string of the molecule is CCOC(=O)CNC(=O)[C@@H](Cc1ccccc1)N1Cc2ccccc2C1=O. The maximum atomic E-state index is 12.8. The van der Waals surface area contributed by atoms with Crippen molar-refractivity contribution in [2.75, 3.05) is 13.2 Å². The van der Waals surface area contributed by atoms with Crippen molar-refractivity contribution in [1.29, 1.82) is 0 Å². The van der Waals surface area contributed by atoms with Crippen molar-refractivity contribution in [1.82, 2.24) is 10.2 Å². The largest absolute Gasteiger partial charge is 0.465 e. The zero-order valence-corrected chi connectivity index (χ0v) is 15.2. The molecule has 1 atom stereocenters. The molecule has 3 rings (SSSR count). The van der Waals surface area contributed by atoms with Gasteiger partial charge in [0.25, 0.3) is 5.91 Å². The Kier molecular flexibility index (Phi) is 5.86. The van der Waals surface area contributed by atoms with Crippen molar-refractivity contribution >= 4 is 17.8 Å². The summed E-state index contributed by atoms with van der Waals surface area (Å²) in [5.41, 5.74) is 2.46. The molecule has 0 saturated heterocycles. The highest BCUT2D eigenvalue weighted by Gasteiger charge is 2.36. The predicted octanol–water partition coefficient (Wildman–Crippen LogP) is 1.93. The quantitative estimate of drug-likeness (QED) is 0.760. The lowest BCUT2D eigenvalue weighted by Gasteiger charge is -2.27. The molecule has 2 aromatic carbocycles. The van der Waals surface area contributed by atoms with Crippen LogP contribution >= 0.6 is 0 Å². The van der Waals surface area contributed by atoms with E-state index < -0.39 is 12.0 Å². The van der Waals surface area contributed by atoms with Crippen LogP contribution in [0.2, 0.25) is 0 Å². The standard InChI is InChI=1S/C21H22N2O4/c1-2-27-19(24)13-22-20(25)18(12-15-8-4-3-5-9-15)23-14-16-10-6-7-11-17(16)21(23)26/h3-11,18H,2,12-14H2,1H3,(H,22,25)/t18-/m1/s1. The molecule has 0 radical (unpaired) electrons. The molecule has 0 aliphatic carbocycles. The summed E-state index contributed by atoms with van der Waals surface area (Å²) in [7, 11) is 0. The van der Waals surface area contributed by atoms with Crippen LogP contribution in [0.5, 0.6) is 0 Å². The molecule has 2 aromatic rings. The van der Waals surface area contributed by atoms with Gasteiger partial charge in [-0.2, -0.15) is 0 Å². The maximum absolute atomic E-state index is 12.8. The fourth-order valence-corrected chi connectivity index (χ4v) is 3.20. The highest BCUT2D eigenvalue weighted by molar-refractivity contribution is 6.01. The third-order valence-corrected chi connectivity index (χ3v) is 4.51. The number of amides is 2. The van der Waals surface area contributed by atoms with E-state index in [1.54, 1.807) is 17.9 Å².